The molecule has 0 saturated heterocycles. The van der Waals surface area contributed by atoms with E-state index in [1.54, 1.807) is 17.4 Å². The molecule has 1 amide bonds. The van der Waals surface area contributed by atoms with E-state index in [1.165, 1.54) is 4.88 Å². The van der Waals surface area contributed by atoms with Crippen LogP contribution in [0.25, 0.3) is 0 Å². The van der Waals surface area contributed by atoms with Crippen LogP contribution in [0.15, 0.2) is 24.1 Å². The first-order chi connectivity index (χ1) is 6.27. The van der Waals surface area contributed by atoms with Crippen LogP contribution in [-0.2, 0) is 6.42 Å². The minimum absolute atomic E-state index is 0.0177. The summed E-state index contributed by atoms with van der Waals surface area (Å²) in [4.78, 5) is 12.6. The number of carbonyl (C=O) groups excluding carboxylic acids is 1. The lowest BCUT2D eigenvalue weighted by atomic mass is 10.2. The van der Waals surface area contributed by atoms with Crippen LogP contribution in [0.5, 0.6) is 0 Å². The summed E-state index contributed by atoms with van der Waals surface area (Å²) in [6.45, 7) is 6.14. The molecule has 70 valence electrons. The molecule has 0 aliphatic rings. The maximum absolute atomic E-state index is 11.4. The molecule has 1 N–H and O–H groups in total. The number of hydrogen-bond donors (Lipinski definition) is 1. The van der Waals surface area contributed by atoms with Gasteiger partial charge in [0.2, 0.25) is 0 Å². The van der Waals surface area contributed by atoms with E-state index in [-0.39, 0.29) is 5.91 Å². The minimum Gasteiger partial charge on any atom is -0.349 e. The molecule has 0 radical (unpaired) electrons. The normalized spacial score (nSPS) is 9.62. The van der Waals surface area contributed by atoms with Crippen molar-refractivity contribution in [3.63, 3.8) is 0 Å². The Morgan fingerprint density at radius 2 is 2.54 bits per heavy atom. The molecule has 1 aromatic heterocycles. The molecule has 3 heteroatoms. The van der Waals surface area contributed by atoms with Crippen LogP contribution in [0, 0.1) is 0 Å². The van der Waals surface area contributed by atoms with Crippen molar-refractivity contribution in [2.75, 3.05) is 6.54 Å². The van der Waals surface area contributed by atoms with Crippen molar-refractivity contribution in [1.29, 1.82) is 0 Å². The summed E-state index contributed by atoms with van der Waals surface area (Å²) in [6, 6.07) is 1.93. The molecule has 0 bridgehead atoms. The van der Waals surface area contributed by atoms with Gasteiger partial charge in [-0.3, -0.25) is 4.79 Å². The Hall–Kier alpha value is -1.09. The van der Waals surface area contributed by atoms with Crippen LogP contribution < -0.4 is 5.32 Å². The second-order valence-electron chi connectivity index (χ2n) is 2.65. The number of rotatable bonds is 4. The SMILES string of the molecule is C=CCNC(=O)c1csc(CC)c1. The van der Waals surface area contributed by atoms with E-state index in [0.717, 1.165) is 12.0 Å². The van der Waals surface area contributed by atoms with Gasteiger partial charge in [0.25, 0.3) is 5.91 Å². The largest absolute Gasteiger partial charge is 0.349 e. The fourth-order valence-corrected chi connectivity index (χ4v) is 1.77. The van der Waals surface area contributed by atoms with Crippen LogP contribution in [0.3, 0.4) is 0 Å². The number of carbonyl (C=O) groups is 1. The molecular weight excluding hydrogens is 182 g/mol. The molecule has 1 heterocycles. The van der Waals surface area contributed by atoms with E-state index in [9.17, 15) is 4.79 Å². The summed E-state index contributed by atoms with van der Waals surface area (Å²) in [5.41, 5.74) is 0.753. The molecule has 0 spiro atoms. The molecule has 0 unspecified atom stereocenters. The molecule has 0 aliphatic carbocycles. The Labute approximate surface area is 82.3 Å². The van der Waals surface area contributed by atoms with Crippen LogP contribution in [0.4, 0.5) is 0 Å². The quantitative estimate of drug-likeness (QED) is 0.733. The standard InChI is InChI=1S/C10H13NOS/c1-3-5-11-10(12)8-6-9(4-2)13-7-8/h3,6-7H,1,4-5H2,2H3,(H,11,12). The van der Waals surface area contributed by atoms with Crippen LogP contribution in [0.2, 0.25) is 0 Å². The molecule has 2 nitrogen and oxygen atoms in total. The van der Waals surface area contributed by atoms with Gasteiger partial charge in [-0.2, -0.15) is 0 Å². The molecule has 1 rings (SSSR count). The molecule has 0 aliphatic heterocycles. The van der Waals surface area contributed by atoms with Crippen molar-refractivity contribution >= 4 is 17.2 Å². The fourth-order valence-electron chi connectivity index (χ4n) is 0.952. The zero-order chi connectivity index (χ0) is 9.68. The van der Waals surface area contributed by atoms with E-state index in [4.69, 9.17) is 0 Å². The van der Waals surface area contributed by atoms with Gasteiger partial charge in [-0.1, -0.05) is 13.0 Å². The highest BCUT2D eigenvalue weighted by Crippen LogP contribution is 2.14. The predicted molar refractivity (Wildman–Crippen MR) is 56.2 cm³/mol. The monoisotopic (exact) mass is 195 g/mol. The summed E-state index contributed by atoms with van der Waals surface area (Å²) in [5, 5.41) is 4.62. The molecule has 13 heavy (non-hydrogen) atoms. The molecule has 0 aromatic carbocycles. The van der Waals surface area contributed by atoms with Crippen molar-refractivity contribution in [2.45, 2.75) is 13.3 Å². The summed E-state index contributed by atoms with van der Waals surface area (Å²) in [6.07, 6.45) is 2.66. The topological polar surface area (TPSA) is 29.1 Å². The van der Waals surface area contributed by atoms with Crippen LogP contribution in [0.1, 0.15) is 22.2 Å². The van der Waals surface area contributed by atoms with E-state index >= 15 is 0 Å². The molecule has 0 saturated carbocycles. The second-order valence-corrected chi connectivity index (χ2v) is 3.65. The van der Waals surface area contributed by atoms with Crippen molar-refractivity contribution in [1.82, 2.24) is 5.32 Å². The van der Waals surface area contributed by atoms with E-state index in [2.05, 4.69) is 18.8 Å². The zero-order valence-corrected chi connectivity index (χ0v) is 8.49. The Morgan fingerprint density at radius 3 is 3.08 bits per heavy atom. The number of nitrogens with one attached hydrogen (secondary N) is 1. The molecule has 0 atom stereocenters. The van der Waals surface area contributed by atoms with Gasteiger partial charge >= 0.3 is 0 Å². The van der Waals surface area contributed by atoms with Gasteiger partial charge < -0.3 is 5.32 Å². The van der Waals surface area contributed by atoms with Gasteiger partial charge in [0.05, 0.1) is 5.56 Å². The average molecular weight is 195 g/mol. The van der Waals surface area contributed by atoms with Gasteiger partial charge in [-0.25, -0.2) is 0 Å². The highest BCUT2D eigenvalue weighted by Gasteiger charge is 2.05. The summed E-state index contributed by atoms with van der Waals surface area (Å²) in [5.74, 6) is -0.0177. The Morgan fingerprint density at radius 1 is 1.77 bits per heavy atom. The minimum atomic E-state index is -0.0177. The van der Waals surface area contributed by atoms with Gasteiger partial charge in [-0.05, 0) is 12.5 Å². The Kier molecular flexibility index (Phi) is 3.71. The van der Waals surface area contributed by atoms with E-state index in [1.807, 2.05) is 11.4 Å². The van der Waals surface area contributed by atoms with Crippen molar-refractivity contribution in [2.24, 2.45) is 0 Å². The van der Waals surface area contributed by atoms with Crippen molar-refractivity contribution in [3.8, 4) is 0 Å². The van der Waals surface area contributed by atoms with Gasteiger partial charge in [0.1, 0.15) is 0 Å². The van der Waals surface area contributed by atoms with Crippen LogP contribution >= 0.6 is 11.3 Å². The van der Waals surface area contributed by atoms with E-state index < -0.39 is 0 Å². The Balaban J connectivity index is 2.60. The smallest absolute Gasteiger partial charge is 0.252 e. The fraction of sp³-hybridized carbons (Fsp3) is 0.300. The van der Waals surface area contributed by atoms with Gasteiger partial charge in [-0.15, -0.1) is 17.9 Å². The lowest BCUT2D eigenvalue weighted by molar-refractivity contribution is 0.0958. The maximum Gasteiger partial charge on any atom is 0.252 e. The highest BCUT2D eigenvalue weighted by atomic mass is 32.1. The summed E-state index contributed by atoms with van der Waals surface area (Å²) in [7, 11) is 0. The first kappa shape index (κ1) is 9.99. The molecule has 1 aromatic rings. The Bertz CT molecular complexity index is 304. The number of amides is 1. The van der Waals surface area contributed by atoms with E-state index in [0.29, 0.717) is 6.54 Å². The summed E-state index contributed by atoms with van der Waals surface area (Å²) < 4.78 is 0. The number of hydrogen-bond acceptors (Lipinski definition) is 2. The third kappa shape index (κ3) is 2.70. The zero-order valence-electron chi connectivity index (χ0n) is 7.67. The lowest BCUT2D eigenvalue weighted by Crippen LogP contribution is -2.22. The van der Waals surface area contributed by atoms with Crippen molar-refractivity contribution in [3.05, 3.63) is 34.5 Å². The van der Waals surface area contributed by atoms with Crippen molar-refractivity contribution < 1.29 is 4.79 Å². The molecular formula is C10H13NOS. The number of thiophene rings is 1. The van der Waals surface area contributed by atoms with Gasteiger partial charge in [0.15, 0.2) is 0 Å². The number of aryl methyl sites for hydroxylation is 1. The van der Waals surface area contributed by atoms with Gasteiger partial charge in [0, 0.05) is 16.8 Å². The molecule has 0 fully saturated rings. The predicted octanol–water partition coefficient (Wildman–Crippen LogP) is 2.23. The first-order valence-electron chi connectivity index (χ1n) is 4.24. The van der Waals surface area contributed by atoms with Crippen LogP contribution in [-0.4, -0.2) is 12.5 Å². The summed E-state index contributed by atoms with van der Waals surface area (Å²) >= 11 is 1.62. The third-order valence-electron chi connectivity index (χ3n) is 1.67. The lowest BCUT2D eigenvalue weighted by Gasteiger charge is -1.97. The highest BCUT2D eigenvalue weighted by molar-refractivity contribution is 7.10. The maximum atomic E-state index is 11.4. The second kappa shape index (κ2) is 4.82. The average Bonchev–Trinajstić information content (AvgIpc) is 2.62. The first-order valence-corrected chi connectivity index (χ1v) is 5.12. The third-order valence-corrected chi connectivity index (χ3v) is 2.75.